The van der Waals surface area contributed by atoms with Crippen LogP contribution in [0.3, 0.4) is 0 Å². The molecule has 0 saturated heterocycles. The molecule has 13 nitrogen and oxygen atoms in total. The fourth-order valence-electron chi connectivity index (χ4n) is 5.30. The minimum atomic E-state index is -1.23. The van der Waals surface area contributed by atoms with Gasteiger partial charge in [-0.05, 0) is 30.5 Å². The van der Waals surface area contributed by atoms with Crippen molar-refractivity contribution in [2.24, 2.45) is 0 Å². The number of rotatable bonds is 10. The highest BCUT2D eigenvalue weighted by atomic mass is 16.5. The molecule has 0 bridgehead atoms. The maximum atomic E-state index is 13.7. The molecule has 3 atom stereocenters. The Morgan fingerprint density at radius 3 is 2.44 bits per heavy atom. The zero-order valence-electron chi connectivity index (χ0n) is 27.3. The van der Waals surface area contributed by atoms with Crippen LogP contribution < -0.4 is 31.3 Å². The molecule has 0 aliphatic carbocycles. The van der Waals surface area contributed by atoms with Gasteiger partial charge in [-0.2, -0.15) is 0 Å². The summed E-state index contributed by atoms with van der Waals surface area (Å²) in [6.07, 6.45) is 7.02. The maximum absolute atomic E-state index is 13.7. The predicted molar refractivity (Wildman–Crippen MR) is 179 cm³/mol. The van der Waals surface area contributed by atoms with Crippen molar-refractivity contribution < 1.29 is 28.7 Å². The summed E-state index contributed by atoms with van der Waals surface area (Å²) in [5.74, 6) is -2.43. The number of amides is 5. The highest BCUT2D eigenvalue weighted by Gasteiger charge is 2.31. The second-order valence-corrected chi connectivity index (χ2v) is 11.7. The number of imidazole rings is 1. The zero-order valence-corrected chi connectivity index (χ0v) is 27.3. The van der Waals surface area contributed by atoms with E-state index in [1.54, 1.807) is 24.3 Å². The van der Waals surface area contributed by atoms with E-state index in [1.807, 2.05) is 30.3 Å². The van der Waals surface area contributed by atoms with E-state index >= 15 is 0 Å². The number of aromatic nitrogens is 2. The molecule has 13 heteroatoms. The molecule has 2 heterocycles. The van der Waals surface area contributed by atoms with Crippen molar-refractivity contribution in [1.82, 2.24) is 36.6 Å². The summed E-state index contributed by atoms with van der Waals surface area (Å²) in [5.41, 5.74) is 1.62. The van der Waals surface area contributed by atoms with Gasteiger partial charge in [0.05, 0.1) is 24.9 Å². The van der Waals surface area contributed by atoms with Gasteiger partial charge >= 0.3 is 0 Å². The topological polar surface area (TPSA) is 183 Å². The van der Waals surface area contributed by atoms with Gasteiger partial charge < -0.3 is 36.3 Å². The van der Waals surface area contributed by atoms with Crippen LogP contribution in [0, 0.1) is 0 Å². The lowest BCUT2D eigenvalue weighted by molar-refractivity contribution is -0.133. The molecule has 5 amide bonds. The minimum Gasteiger partial charge on any atom is -0.493 e. The molecule has 3 aromatic rings. The third-order valence-electron chi connectivity index (χ3n) is 7.90. The Labute approximate surface area is 280 Å². The summed E-state index contributed by atoms with van der Waals surface area (Å²) in [6, 6.07) is 12.6. The standard InChI is InChI=1S/C35H45N7O6/c1-2-3-4-10-16-37-34(46)29-21-31(43)40-28(20-25-22-36-23-39-25)35(47)42-27(19-24-12-6-5-7-13-24)33(45)38-17-11-18-48-30-15-9-8-14-26(30)32(44)41-29/h5-9,12-15,22-23,27-29H,2-4,10-11,16-21H2,1H3,(H,36,39)(H,37,46)(H,38,45)(H,40,43)(H,41,44)(H,42,47)/t27-,28-,29-/m0/s1. The van der Waals surface area contributed by atoms with Crippen LogP contribution in [0.25, 0.3) is 0 Å². The van der Waals surface area contributed by atoms with E-state index in [1.165, 1.54) is 12.5 Å². The number of hydrogen-bond donors (Lipinski definition) is 6. The van der Waals surface area contributed by atoms with Crippen molar-refractivity contribution in [3.8, 4) is 5.75 Å². The summed E-state index contributed by atoms with van der Waals surface area (Å²) >= 11 is 0. The molecule has 0 radical (unpaired) electrons. The van der Waals surface area contributed by atoms with E-state index < -0.39 is 54.1 Å². The van der Waals surface area contributed by atoms with Crippen LogP contribution in [0.2, 0.25) is 0 Å². The number of fused-ring (bicyclic) bond motifs is 1. The molecule has 0 unspecified atom stereocenters. The number of hydrogen-bond acceptors (Lipinski definition) is 7. The van der Waals surface area contributed by atoms with E-state index in [0.717, 1.165) is 31.2 Å². The summed E-state index contributed by atoms with van der Waals surface area (Å²) in [6.45, 7) is 2.93. The Bertz CT molecular complexity index is 1500. The molecule has 256 valence electrons. The average molecular weight is 660 g/mol. The van der Waals surface area contributed by atoms with Crippen LogP contribution in [0.15, 0.2) is 67.1 Å². The molecular weight excluding hydrogens is 614 g/mol. The largest absolute Gasteiger partial charge is 0.493 e. The number of carbonyl (C=O) groups excluding carboxylic acids is 5. The molecule has 2 aromatic carbocycles. The van der Waals surface area contributed by atoms with Crippen molar-refractivity contribution in [3.05, 3.63) is 83.9 Å². The monoisotopic (exact) mass is 659 g/mol. The van der Waals surface area contributed by atoms with Crippen molar-refractivity contribution in [3.63, 3.8) is 0 Å². The van der Waals surface area contributed by atoms with Gasteiger partial charge in [0.25, 0.3) is 5.91 Å². The zero-order chi connectivity index (χ0) is 34.1. The van der Waals surface area contributed by atoms with Crippen LogP contribution in [0.4, 0.5) is 0 Å². The fourth-order valence-corrected chi connectivity index (χ4v) is 5.30. The summed E-state index contributed by atoms with van der Waals surface area (Å²) in [4.78, 5) is 74.4. The molecule has 0 fully saturated rings. The lowest BCUT2D eigenvalue weighted by Crippen LogP contribution is -2.56. The Morgan fingerprint density at radius 1 is 0.896 bits per heavy atom. The molecule has 48 heavy (non-hydrogen) atoms. The SMILES string of the molecule is CCCCCCNC(=O)[C@@H]1CC(=O)N[C@@H](Cc2cnc[nH]2)C(=O)N[C@@H](Cc2ccccc2)C(=O)NCCCOc2ccccc2C(=O)N1. The van der Waals surface area contributed by atoms with Crippen LogP contribution >= 0.6 is 0 Å². The molecular formula is C35H45N7O6. The van der Waals surface area contributed by atoms with Gasteiger partial charge in [-0.1, -0.05) is 68.7 Å². The lowest BCUT2D eigenvalue weighted by Gasteiger charge is -2.24. The number of ether oxygens (including phenoxy) is 1. The van der Waals surface area contributed by atoms with Gasteiger partial charge in [0.1, 0.15) is 23.9 Å². The van der Waals surface area contributed by atoms with Crippen molar-refractivity contribution in [1.29, 1.82) is 0 Å². The summed E-state index contributed by atoms with van der Waals surface area (Å²) in [7, 11) is 0. The van der Waals surface area contributed by atoms with E-state index in [9.17, 15) is 24.0 Å². The number of H-pyrrole nitrogens is 1. The second kappa shape index (κ2) is 18.8. The number of benzene rings is 2. The molecule has 4 rings (SSSR count). The quantitative estimate of drug-likeness (QED) is 0.180. The first-order chi connectivity index (χ1) is 23.3. The van der Waals surface area contributed by atoms with Crippen molar-refractivity contribution in [2.45, 2.75) is 76.4 Å². The Hall–Kier alpha value is -5.20. The predicted octanol–water partition coefficient (Wildman–Crippen LogP) is 1.95. The van der Waals surface area contributed by atoms with E-state index in [-0.39, 0.29) is 31.6 Å². The first-order valence-electron chi connectivity index (χ1n) is 16.5. The number of nitrogens with zero attached hydrogens (tertiary/aromatic N) is 1. The van der Waals surface area contributed by atoms with Crippen LogP contribution in [0.1, 0.15) is 67.1 Å². The Morgan fingerprint density at radius 2 is 1.67 bits per heavy atom. The first-order valence-corrected chi connectivity index (χ1v) is 16.5. The summed E-state index contributed by atoms with van der Waals surface area (Å²) in [5, 5.41) is 13.9. The van der Waals surface area contributed by atoms with Crippen LogP contribution in [-0.4, -0.2) is 77.3 Å². The number of carbonyl (C=O) groups is 5. The highest BCUT2D eigenvalue weighted by Crippen LogP contribution is 2.19. The Balaban J connectivity index is 1.61. The fraction of sp³-hybridized carbons (Fsp3) is 0.429. The van der Waals surface area contributed by atoms with Gasteiger partial charge in [0.15, 0.2) is 0 Å². The normalized spacial score (nSPS) is 19.6. The van der Waals surface area contributed by atoms with Crippen LogP contribution in [0.5, 0.6) is 5.75 Å². The highest BCUT2D eigenvalue weighted by molar-refractivity contribution is 6.01. The first kappa shape index (κ1) is 35.7. The third-order valence-corrected chi connectivity index (χ3v) is 7.90. The smallest absolute Gasteiger partial charge is 0.255 e. The minimum absolute atomic E-state index is 0.0443. The Kier molecular flexibility index (Phi) is 14.0. The van der Waals surface area contributed by atoms with E-state index in [0.29, 0.717) is 24.4 Å². The van der Waals surface area contributed by atoms with Gasteiger partial charge in [0, 0.05) is 37.8 Å². The van der Waals surface area contributed by atoms with Gasteiger partial charge in [-0.25, -0.2) is 4.98 Å². The summed E-state index contributed by atoms with van der Waals surface area (Å²) < 4.78 is 5.89. The molecule has 1 aliphatic rings. The number of aromatic amines is 1. The van der Waals surface area contributed by atoms with Gasteiger partial charge in [-0.15, -0.1) is 0 Å². The molecule has 1 aromatic heterocycles. The number of para-hydroxylation sites is 1. The molecule has 6 N–H and O–H groups in total. The molecule has 1 aliphatic heterocycles. The maximum Gasteiger partial charge on any atom is 0.255 e. The van der Waals surface area contributed by atoms with E-state index in [4.69, 9.17) is 4.74 Å². The van der Waals surface area contributed by atoms with Gasteiger partial charge in [0.2, 0.25) is 23.6 Å². The van der Waals surface area contributed by atoms with Crippen LogP contribution in [-0.2, 0) is 32.0 Å². The lowest BCUT2D eigenvalue weighted by atomic mass is 10.0. The molecule has 0 saturated carbocycles. The average Bonchev–Trinajstić information content (AvgIpc) is 3.60. The van der Waals surface area contributed by atoms with E-state index in [2.05, 4.69) is 43.5 Å². The number of unbranched alkanes of at least 4 members (excludes halogenated alkanes) is 3. The molecule has 0 spiro atoms. The number of nitrogens with one attached hydrogen (secondary N) is 6. The van der Waals surface area contributed by atoms with Crippen molar-refractivity contribution >= 4 is 29.5 Å². The van der Waals surface area contributed by atoms with Crippen molar-refractivity contribution in [2.75, 3.05) is 19.7 Å². The third kappa shape index (κ3) is 11.2. The second-order valence-electron chi connectivity index (χ2n) is 11.7. The van der Waals surface area contributed by atoms with Gasteiger partial charge in [-0.3, -0.25) is 24.0 Å².